The van der Waals surface area contributed by atoms with Crippen molar-refractivity contribution in [3.8, 4) is 0 Å². The molecule has 2 fully saturated rings. The van der Waals surface area contributed by atoms with Gasteiger partial charge in [0, 0.05) is 6.04 Å². The van der Waals surface area contributed by atoms with E-state index in [9.17, 15) is 4.79 Å². The van der Waals surface area contributed by atoms with Crippen molar-refractivity contribution >= 4 is 5.91 Å². The molecule has 2 aliphatic rings. The first-order chi connectivity index (χ1) is 8.23. The van der Waals surface area contributed by atoms with Gasteiger partial charge in [-0.25, -0.2) is 0 Å². The minimum atomic E-state index is -0.623. The van der Waals surface area contributed by atoms with Gasteiger partial charge in [0.25, 0.3) is 0 Å². The first-order valence-electron chi connectivity index (χ1n) is 6.36. The van der Waals surface area contributed by atoms with Gasteiger partial charge in [0.1, 0.15) is 5.54 Å². The van der Waals surface area contributed by atoms with E-state index in [1.165, 1.54) is 0 Å². The molecule has 0 aliphatic heterocycles. The Labute approximate surface area is 101 Å². The van der Waals surface area contributed by atoms with Crippen LogP contribution in [0.3, 0.4) is 0 Å². The second kappa shape index (κ2) is 3.84. The van der Waals surface area contributed by atoms with Gasteiger partial charge in [-0.2, -0.15) is 0 Å². The van der Waals surface area contributed by atoms with E-state index in [1.807, 2.05) is 30.3 Å². The summed E-state index contributed by atoms with van der Waals surface area (Å²) in [6, 6.07) is 10.4. The fourth-order valence-corrected chi connectivity index (χ4v) is 2.62. The summed E-state index contributed by atoms with van der Waals surface area (Å²) in [6.45, 7) is 0. The van der Waals surface area contributed by atoms with E-state index in [4.69, 9.17) is 5.73 Å². The molecule has 17 heavy (non-hydrogen) atoms. The first-order valence-corrected chi connectivity index (χ1v) is 6.36. The Balaban J connectivity index is 2.01. The molecule has 2 saturated carbocycles. The molecule has 1 aromatic rings. The van der Waals surface area contributed by atoms with Crippen LogP contribution in [0.15, 0.2) is 30.3 Å². The van der Waals surface area contributed by atoms with Gasteiger partial charge in [0.2, 0.25) is 5.91 Å². The lowest BCUT2D eigenvalue weighted by molar-refractivity contribution is -0.125. The van der Waals surface area contributed by atoms with Crippen molar-refractivity contribution in [2.75, 3.05) is 0 Å². The molecule has 0 saturated heterocycles. The van der Waals surface area contributed by atoms with Crippen molar-refractivity contribution in [1.82, 2.24) is 5.32 Å². The van der Waals surface area contributed by atoms with E-state index in [2.05, 4.69) is 5.32 Å². The van der Waals surface area contributed by atoms with Crippen molar-refractivity contribution in [3.05, 3.63) is 35.9 Å². The van der Waals surface area contributed by atoms with E-state index >= 15 is 0 Å². The number of rotatable bonds is 5. The van der Waals surface area contributed by atoms with Crippen LogP contribution in [0.2, 0.25) is 0 Å². The molecule has 3 nitrogen and oxygen atoms in total. The van der Waals surface area contributed by atoms with E-state index in [0.717, 1.165) is 31.2 Å². The minimum absolute atomic E-state index is 0.224. The summed E-state index contributed by atoms with van der Waals surface area (Å²) in [6.07, 6.45) is 4.51. The van der Waals surface area contributed by atoms with Crippen LogP contribution in [0.25, 0.3) is 0 Å². The molecular formula is C14H18N2O. The normalized spacial score (nSPS) is 23.1. The summed E-state index contributed by atoms with van der Waals surface area (Å²) >= 11 is 0. The van der Waals surface area contributed by atoms with Crippen molar-refractivity contribution in [3.63, 3.8) is 0 Å². The molecule has 0 heterocycles. The Morgan fingerprint density at radius 1 is 1.18 bits per heavy atom. The highest BCUT2D eigenvalue weighted by Gasteiger charge is 2.52. The molecule has 1 amide bonds. The van der Waals surface area contributed by atoms with Crippen LogP contribution in [0.4, 0.5) is 0 Å². The Morgan fingerprint density at radius 2 is 1.82 bits per heavy atom. The van der Waals surface area contributed by atoms with Gasteiger partial charge in [-0.15, -0.1) is 0 Å². The molecule has 3 N–H and O–H groups in total. The number of hydrogen-bond donors (Lipinski definition) is 2. The second-order valence-electron chi connectivity index (χ2n) is 5.23. The zero-order chi connectivity index (χ0) is 11.9. The summed E-state index contributed by atoms with van der Waals surface area (Å²) in [5.74, 6) is 0.154. The maximum Gasteiger partial charge on any atom is 0.242 e. The molecular weight excluding hydrogens is 212 g/mol. The number of hydrogen-bond acceptors (Lipinski definition) is 2. The maximum absolute atomic E-state index is 12.0. The van der Waals surface area contributed by atoms with Crippen LogP contribution in [-0.2, 0) is 10.3 Å². The summed E-state index contributed by atoms with van der Waals surface area (Å²) < 4.78 is 0. The molecule has 3 rings (SSSR count). The standard InChI is InChI=1S/C14H18N2O/c15-13(17)14(11-6-7-11,16-12-8-9-12)10-4-2-1-3-5-10/h1-5,11-12,16H,6-9H2,(H2,15,17). The molecule has 0 spiro atoms. The third-order valence-electron chi connectivity index (χ3n) is 3.82. The van der Waals surface area contributed by atoms with Crippen molar-refractivity contribution in [1.29, 1.82) is 0 Å². The molecule has 3 heteroatoms. The molecule has 2 aliphatic carbocycles. The van der Waals surface area contributed by atoms with Crippen LogP contribution in [0.1, 0.15) is 31.2 Å². The monoisotopic (exact) mass is 230 g/mol. The average molecular weight is 230 g/mol. The Hall–Kier alpha value is -1.35. The summed E-state index contributed by atoms with van der Waals surface area (Å²) in [7, 11) is 0. The fraction of sp³-hybridized carbons (Fsp3) is 0.500. The summed E-state index contributed by atoms with van der Waals surface area (Å²) in [5, 5.41) is 3.51. The second-order valence-corrected chi connectivity index (χ2v) is 5.23. The fourth-order valence-electron chi connectivity index (χ4n) is 2.62. The van der Waals surface area contributed by atoms with Crippen LogP contribution < -0.4 is 11.1 Å². The zero-order valence-corrected chi connectivity index (χ0v) is 9.86. The summed E-state index contributed by atoms with van der Waals surface area (Å²) in [5.41, 5.74) is 6.13. The maximum atomic E-state index is 12.0. The topological polar surface area (TPSA) is 55.1 Å². The Morgan fingerprint density at radius 3 is 2.29 bits per heavy atom. The van der Waals surface area contributed by atoms with Gasteiger partial charge < -0.3 is 5.73 Å². The molecule has 0 bridgehead atoms. The third kappa shape index (κ3) is 1.84. The smallest absolute Gasteiger partial charge is 0.242 e. The highest BCUT2D eigenvalue weighted by molar-refractivity contribution is 5.87. The highest BCUT2D eigenvalue weighted by atomic mass is 16.1. The van der Waals surface area contributed by atoms with Crippen LogP contribution >= 0.6 is 0 Å². The predicted octanol–water partition coefficient (Wildman–Crippen LogP) is 1.53. The number of primary amides is 1. The average Bonchev–Trinajstić information content (AvgIpc) is 3.19. The van der Waals surface area contributed by atoms with Gasteiger partial charge in [-0.05, 0) is 37.2 Å². The van der Waals surface area contributed by atoms with Crippen molar-refractivity contribution < 1.29 is 4.79 Å². The molecule has 0 aromatic heterocycles. The van der Waals surface area contributed by atoms with Crippen molar-refractivity contribution in [2.24, 2.45) is 11.7 Å². The highest BCUT2D eigenvalue weighted by Crippen LogP contribution is 2.47. The predicted molar refractivity (Wildman–Crippen MR) is 66.2 cm³/mol. The van der Waals surface area contributed by atoms with E-state index in [1.54, 1.807) is 0 Å². The molecule has 90 valence electrons. The minimum Gasteiger partial charge on any atom is -0.368 e. The molecule has 0 radical (unpaired) electrons. The third-order valence-corrected chi connectivity index (χ3v) is 3.82. The van der Waals surface area contributed by atoms with Crippen LogP contribution in [-0.4, -0.2) is 11.9 Å². The number of nitrogens with two attached hydrogens (primary N) is 1. The zero-order valence-electron chi connectivity index (χ0n) is 9.86. The lowest BCUT2D eigenvalue weighted by Gasteiger charge is -2.33. The summed E-state index contributed by atoms with van der Waals surface area (Å²) in [4.78, 5) is 12.0. The lowest BCUT2D eigenvalue weighted by Crippen LogP contribution is -2.55. The number of carbonyl (C=O) groups is 1. The number of benzene rings is 1. The number of amides is 1. The van der Waals surface area contributed by atoms with Crippen LogP contribution in [0.5, 0.6) is 0 Å². The Bertz CT molecular complexity index is 423. The van der Waals surface area contributed by atoms with Crippen LogP contribution in [0, 0.1) is 5.92 Å². The number of nitrogens with one attached hydrogen (secondary N) is 1. The number of carbonyl (C=O) groups excluding carboxylic acids is 1. The molecule has 1 unspecified atom stereocenters. The molecule has 1 aromatic carbocycles. The van der Waals surface area contributed by atoms with Gasteiger partial charge >= 0.3 is 0 Å². The van der Waals surface area contributed by atoms with Crippen molar-refractivity contribution in [2.45, 2.75) is 37.3 Å². The molecule has 1 atom stereocenters. The SMILES string of the molecule is NC(=O)C(NC1CC1)(c1ccccc1)C1CC1. The van der Waals surface area contributed by atoms with Gasteiger partial charge in [-0.1, -0.05) is 30.3 Å². The van der Waals surface area contributed by atoms with Gasteiger partial charge in [-0.3, -0.25) is 10.1 Å². The first kappa shape index (κ1) is 10.8. The quantitative estimate of drug-likeness (QED) is 0.806. The van der Waals surface area contributed by atoms with Gasteiger partial charge in [0.15, 0.2) is 0 Å². The van der Waals surface area contributed by atoms with E-state index < -0.39 is 5.54 Å². The largest absolute Gasteiger partial charge is 0.368 e. The van der Waals surface area contributed by atoms with E-state index in [-0.39, 0.29) is 5.91 Å². The van der Waals surface area contributed by atoms with Gasteiger partial charge in [0.05, 0.1) is 0 Å². The van der Waals surface area contributed by atoms with E-state index in [0.29, 0.717) is 12.0 Å². The lowest BCUT2D eigenvalue weighted by atomic mass is 9.84. The Kier molecular flexibility index (Phi) is 2.44.